The van der Waals surface area contributed by atoms with Crippen molar-refractivity contribution in [2.75, 3.05) is 0 Å². The molecule has 1 N–H and O–H groups in total. The zero-order valence-corrected chi connectivity index (χ0v) is 19.1. The quantitative estimate of drug-likeness (QED) is 0.487. The SMILES string of the molecule is O=C(O)C1=CC[C@@H](c2ccc(Cl)cc2)N(S(=O)(=O)c2ccc(Cl)cc2)[C@H]1c1ccccc1. The van der Waals surface area contributed by atoms with Crippen LogP contribution in [0.5, 0.6) is 0 Å². The summed E-state index contributed by atoms with van der Waals surface area (Å²) >= 11 is 12.0. The molecule has 4 rings (SSSR count). The van der Waals surface area contributed by atoms with Gasteiger partial charge in [0.05, 0.1) is 22.6 Å². The summed E-state index contributed by atoms with van der Waals surface area (Å²) in [5, 5.41) is 10.9. The number of rotatable bonds is 5. The summed E-state index contributed by atoms with van der Waals surface area (Å²) in [5.74, 6) is -1.16. The maximum Gasteiger partial charge on any atom is 0.333 e. The van der Waals surface area contributed by atoms with E-state index < -0.39 is 28.1 Å². The van der Waals surface area contributed by atoms with E-state index in [1.54, 1.807) is 60.7 Å². The van der Waals surface area contributed by atoms with Crippen LogP contribution in [0.2, 0.25) is 10.0 Å². The van der Waals surface area contributed by atoms with Gasteiger partial charge >= 0.3 is 5.97 Å². The molecule has 164 valence electrons. The minimum absolute atomic E-state index is 0.0129. The third-order valence-corrected chi connectivity index (χ3v) is 7.82. The predicted molar refractivity (Wildman–Crippen MR) is 124 cm³/mol. The number of hydrogen-bond acceptors (Lipinski definition) is 3. The summed E-state index contributed by atoms with van der Waals surface area (Å²) in [6, 6.07) is 19.9. The Bertz CT molecular complexity index is 1260. The van der Waals surface area contributed by atoms with E-state index in [9.17, 15) is 18.3 Å². The van der Waals surface area contributed by atoms with Gasteiger partial charge < -0.3 is 5.11 Å². The fraction of sp³-hybridized carbons (Fsp3) is 0.125. The molecule has 0 aliphatic carbocycles. The van der Waals surface area contributed by atoms with Gasteiger partial charge in [-0.15, -0.1) is 0 Å². The molecule has 0 unspecified atom stereocenters. The number of hydrogen-bond donors (Lipinski definition) is 1. The Morgan fingerprint density at radius 2 is 1.41 bits per heavy atom. The van der Waals surface area contributed by atoms with E-state index in [1.807, 2.05) is 0 Å². The Morgan fingerprint density at radius 3 is 1.97 bits per heavy atom. The lowest BCUT2D eigenvalue weighted by Crippen LogP contribution is -2.42. The molecule has 0 spiro atoms. The smallest absolute Gasteiger partial charge is 0.333 e. The van der Waals surface area contributed by atoms with Gasteiger partial charge in [-0.25, -0.2) is 13.2 Å². The third-order valence-electron chi connectivity index (χ3n) is 5.42. The molecule has 0 amide bonds. The standard InChI is InChI=1S/C24H19Cl2NO4S/c25-18-8-6-16(7-9-18)22-15-14-21(24(28)29)23(17-4-2-1-3-5-17)27(22)32(30,31)20-12-10-19(26)11-13-20/h1-14,22-23H,15H2,(H,28,29)/t22-,23-/m0/s1. The molecular weight excluding hydrogens is 469 g/mol. The van der Waals surface area contributed by atoms with Crippen molar-refractivity contribution < 1.29 is 18.3 Å². The van der Waals surface area contributed by atoms with E-state index in [0.717, 1.165) is 0 Å². The highest BCUT2D eigenvalue weighted by molar-refractivity contribution is 7.89. The highest BCUT2D eigenvalue weighted by Gasteiger charge is 2.44. The Balaban J connectivity index is 1.95. The van der Waals surface area contributed by atoms with Crippen LogP contribution in [0.25, 0.3) is 0 Å². The largest absolute Gasteiger partial charge is 0.478 e. The fourth-order valence-corrected chi connectivity index (χ4v) is 5.97. The van der Waals surface area contributed by atoms with Crippen molar-refractivity contribution in [1.82, 2.24) is 4.31 Å². The second-order valence-electron chi connectivity index (χ2n) is 7.37. The van der Waals surface area contributed by atoms with E-state index in [1.165, 1.54) is 28.6 Å². The van der Waals surface area contributed by atoms with Gasteiger partial charge in [0.1, 0.15) is 0 Å². The van der Waals surface area contributed by atoms with Crippen LogP contribution >= 0.6 is 23.2 Å². The van der Waals surface area contributed by atoms with E-state index >= 15 is 0 Å². The zero-order valence-electron chi connectivity index (χ0n) is 16.7. The van der Waals surface area contributed by atoms with Crippen LogP contribution in [0.4, 0.5) is 0 Å². The topological polar surface area (TPSA) is 74.7 Å². The van der Waals surface area contributed by atoms with Crippen LogP contribution in [0.1, 0.15) is 29.6 Å². The number of carboxylic acids is 1. The Labute approximate surface area is 196 Å². The molecule has 2 atom stereocenters. The molecule has 1 aliphatic heterocycles. The number of halogens is 2. The summed E-state index contributed by atoms with van der Waals surface area (Å²) < 4.78 is 29.2. The Kier molecular flexibility index (Phi) is 6.40. The first-order valence-electron chi connectivity index (χ1n) is 9.82. The van der Waals surface area contributed by atoms with Gasteiger partial charge in [0, 0.05) is 10.0 Å². The van der Waals surface area contributed by atoms with Crippen LogP contribution in [0, 0.1) is 0 Å². The second kappa shape index (κ2) is 9.08. The molecule has 32 heavy (non-hydrogen) atoms. The van der Waals surface area contributed by atoms with E-state index in [2.05, 4.69) is 0 Å². The van der Waals surface area contributed by atoms with Crippen molar-refractivity contribution in [2.24, 2.45) is 0 Å². The Hall–Kier alpha value is -2.64. The van der Waals surface area contributed by atoms with Gasteiger partial charge in [0.15, 0.2) is 0 Å². The molecule has 3 aromatic carbocycles. The zero-order chi connectivity index (χ0) is 22.9. The molecule has 0 aromatic heterocycles. The average molecular weight is 488 g/mol. The monoisotopic (exact) mass is 487 g/mol. The van der Waals surface area contributed by atoms with Crippen molar-refractivity contribution in [1.29, 1.82) is 0 Å². The van der Waals surface area contributed by atoms with E-state index in [4.69, 9.17) is 23.2 Å². The van der Waals surface area contributed by atoms with Gasteiger partial charge in [0.2, 0.25) is 10.0 Å². The highest BCUT2D eigenvalue weighted by Crippen LogP contribution is 2.45. The first-order chi connectivity index (χ1) is 15.3. The van der Waals surface area contributed by atoms with Crippen molar-refractivity contribution in [2.45, 2.75) is 23.4 Å². The summed E-state index contributed by atoms with van der Waals surface area (Å²) in [6.45, 7) is 0. The molecule has 3 aromatic rings. The average Bonchev–Trinajstić information content (AvgIpc) is 2.79. The third kappa shape index (κ3) is 4.32. The highest BCUT2D eigenvalue weighted by atomic mass is 35.5. The van der Waals surface area contributed by atoms with Crippen molar-refractivity contribution in [3.8, 4) is 0 Å². The lowest BCUT2D eigenvalue weighted by molar-refractivity contribution is -0.133. The normalized spacial score (nSPS) is 19.4. The van der Waals surface area contributed by atoms with Crippen LogP contribution in [0.15, 0.2) is 95.4 Å². The van der Waals surface area contributed by atoms with Crippen molar-refractivity contribution in [3.63, 3.8) is 0 Å². The number of carbonyl (C=O) groups is 1. The summed E-state index contributed by atoms with van der Waals surface area (Å²) in [5.41, 5.74) is 1.30. The van der Waals surface area contributed by atoms with E-state index in [0.29, 0.717) is 21.2 Å². The number of aliphatic carboxylic acids is 1. The summed E-state index contributed by atoms with van der Waals surface area (Å²) in [7, 11) is -4.11. The van der Waals surface area contributed by atoms with Gasteiger partial charge in [-0.05, 0) is 53.9 Å². The summed E-state index contributed by atoms with van der Waals surface area (Å²) in [6.07, 6.45) is 1.81. The lowest BCUT2D eigenvalue weighted by atomic mass is 9.89. The number of nitrogens with zero attached hydrogens (tertiary/aromatic N) is 1. The maximum atomic E-state index is 13.9. The van der Waals surface area contributed by atoms with Crippen molar-refractivity contribution >= 4 is 39.2 Å². The van der Waals surface area contributed by atoms with Gasteiger partial charge in [-0.1, -0.05) is 71.7 Å². The molecule has 0 fully saturated rings. The van der Waals surface area contributed by atoms with Gasteiger partial charge in [-0.3, -0.25) is 0 Å². The fourth-order valence-electron chi connectivity index (χ4n) is 3.94. The summed E-state index contributed by atoms with van der Waals surface area (Å²) in [4.78, 5) is 12.2. The molecule has 0 bridgehead atoms. The Morgan fingerprint density at radius 1 is 0.844 bits per heavy atom. The number of benzene rings is 3. The second-order valence-corrected chi connectivity index (χ2v) is 10.1. The molecule has 0 radical (unpaired) electrons. The van der Waals surface area contributed by atoms with E-state index in [-0.39, 0.29) is 16.9 Å². The van der Waals surface area contributed by atoms with Gasteiger partial charge in [-0.2, -0.15) is 4.31 Å². The molecule has 8 heteroatoms. The van der Waals surface area contributed by atoms with Crippen LogP contribution < -0.4 is 0 Å². The number of carboxylic acid groups (broad SMARTS) is 1. The molecule has 5 nitrogen and oxygen atoms in total. The first kappa shape index (κ1) is 22.6. The molecule has 0 saturated heterocycles. The minimum Gasteiger partial charge on any atom is -0.478 e. The predicted octanol–water partition coefficient (Wildman–Crippen LogP) is 5.88. The van der Waals surface area contributed by atoms with Crippen LogP contribution in [0.3, 0.4) is 0 Å². The lowest BCUT2D eigenvalue weighted by Gasteiger charge is -2.40. The van der Waals surface area contributed by atoms with Crippen molar-refractivity contribution in [3.05, 3.63) is 112 Å². The van der Waals surface area contributed by atoms with Crippen LogP contribution in [-0.4, -0.2) is 23.8 Å². The minimum atomic E-state index is -4.11. The molecule has 0 saturated carbocycles. The van der Waals surface area contributed by atoms with Gasteiger partial charge in [0.25, 0.3) is 0 Å². The maximum absolute atomic E-state index is 13.9. The number of sulfonamides is 1. The molecular formula is C24H19Cl2NO4S. The first-order valence-corrected chi connectivity index (χ1v) is 12.0. The van der Waals surface area contributed by atoms with Crippen LogP contribution in [-0.2, 0) is 14.8 Å². The molecule has 1 heterocycles. The molecule has 1 aliphatic rings.